The number of likely N-dealkylation sites (tertiary alicyclic amines) is 1. The Bertz CT molecular complexity index is 628. The molecule has 1 aliphatic heterocycles. The van der Waals surface area contributed by atoms with Gasteiger partial charge in [0.2, 0.25) is 0 Å². The van der Waals surface area contributed by atoms with Gasteiger partial charge in [0.25, 0.3) is 5.91 Å². The molecule has 3 heterocycles. The molecule has 7 nitrogen and oxygen atoms in total. The lowest BCUT2D eigenvalue weighted by molar-refractivity contribution is 0.0654. The van der Waals surface area contributed by atoms with Crippen molar-refractivity contribution in [2.24, 2.45) is 5.92 Å². The maximum absolute atomic E-state index is 12.2. The Hall–Kier alpha value is -2.31. The lowest BCUT2D eigenvalue weighted by atomic mass is 9.92. The standard InChI is InChI=1S/C16H22N4O3/c1-19(2)16-17-14(18-23-16)6-5-12-7-9-20(10-8-12)15(21)13-4-3-11-22-13/h3-4,11-12H,5-10H2,1-2H3. The number of furan rings is 1. The first-order valence-electron chi connectivity index (χ1n) is 7.96. The molecule has 0 saturated carbocycles. The number of aromatic nitrogens is 2. The summed E-state index contributed by atoms with van der Waals surface area (Å²) >= 11 is 0. The molecule has 7 heteroatoms. The fourth-order valence-corrected chi connectivity index (χ4v) is 2.84. The lowest BCUT2D eigenvalue weighted by Gasteiger charge is -2.31. The van der Waals surface area contributed by atoms with E-state index in [1.807, 2.05) is 19.0 Å². The molecule has 0 atom stereocenters. The van der Waals surface area contributed by atoms with Gasteiger partial charge >= 0.3 is 6.01 Å². The fourth-order valence-electron chi connectivity index (χ4n) is 2.84. The third kappa shape index (κ3) is 3.72. The van der Waals surface area contributed by atoms with Crippen molar-refractivity contribution in [2.45, 2.75) is 25.7 Å². The zero-order valence-electron chi connectivity index (χ0n) is 13.6. The van der Waals surface area contributed by atoms with Gasteiger partial charge in [0.1, 0.15) is 0 Å². The van der Waals surface area contributed by atoms with E-state index in [0.29, 0.717) is 17.7 Å². The Morgan fingerprint density at radius 3 is 2.78 bits per heavy atom. The van der Waals surface area contributed by atoms with Gasteiger partial charge in [-0.2, -0.15) is 4.98 Å². The van der Waals surface area contributed by atoms with Crippen LogP contribution in [0.15, 0.2) is 27.3 Å². The van der Waals surface area contributed by atoms with Crippen LogP contribution in [0.25, 0.3) is 0 Å². The third-order valence-electron chi connectivity index (χ3n) is 4.25. The average Bonchev–Trinajstić information content (AvgIpc) is 3.24. The van der Waals surface area contributed by atoms with Gasteiger partial charge in [-0.1, -0.05) is 5.16 Å². The van der Waals surface area contributed by atoms with Crippen molar-refractivity contribution in [1.29, 1.82) is 0 Å². The summed E-state index contributed by atoms with van der Waals surface area (Å²) in [4.78, 5) is 20.2. The van der Waals surface area contributed by atoms with Gasteiger partial charge in [-0.15, -0.1) is 0 Å². The summed E-state index contributed by atoms with van der Waals surface area (Å²) in [5, 5.41) is 3.99. The first-order valence-corrected chi connectivity index (χ1v) is 7.96. The second-order valence-corrected chi connectivity index (χ2v) is 6.14. The summed E-state index contributed by atoms with van der Waals surface area (Å²) in [6.45, 7) is 1.55. The van der Waals surface area contributed by atoms with E-state index in [1.54, 1.807) is 17.0 Å². The van der Waals surface area contributed by atoms with Crippen LogP contribution in [-0.2, 0) is 6.42 Å². The number of anilines is 1. The summed E-state index contributed by atoms with van der Waals surface area (Å²) in [5.41, 5.74) is 0. The highest BCUT2D eigenvalue weighted by Gasteiger charge is 2.25. The van der Waals surface area contributed by atoms with E-state index in [0.717, 1.165) is 44.6 Å². The van der Waals surface area contributed by atoms with E-state index >= 15 is 0 Å². The zero-order valence-corrected chi connectivity index (χ0v) is 13.6. The molecule has 124 valence electrons. The first-order chi connectivity index (χ1) is 11.1. The van der Waals surface area contributed by atoms with Gasteiger partial charge in [-0.3, -0.25) is 4.79 Å². The van der Waals surface area contributed by atoms with Crippen molar-refractivity contribution >= 4 is 11.9 Å². The Morgan fingerprint density at radius 1 is 1.39 bits per heavy atom. The summed E-state index contributed by atoms with van der Waals surface area (Å²) in [7, 11) is 3.76. The van der Waals surface area contributed by atoms with Gasteiger partial charge in [0.05, 0.1) is 6.26 Å². The van der Waals surface area contributed by atoms with Gasteiger partial charge < -0.3 is 18.7 Å². The van der Waals surface area contributed by atoms with Crippen molar-refractivity contribution < 1.29 is 13.7 Å². The van der Waals surface area contributed by atoms with E-state index in [4.69, 9.17) is 8.94 Å². The molecule has 3 rings (SSSR count). The molecule has 0 bridgehead atoms. The van der Waals surface area contributed by atoms with Gasteiger partial charge in [0.15, 0.2) is 11.6 Å². The molecule has 2 aromatic rings. The molecule has 0 aromatic carbocycles. The first kappa shape index (κ1) is 15.6. The molecule has 0 spiro atoms. The number of nitrogens with zero attached hydrogens (tertiary/aromatic N) is 4. The third-order valence-corrected chi connectivity index (χ3v) is 4.25. The second-order valence-electron chi connectivity index (χ2n) is 6.14. The van der Waals surface area contributed by atoms with Crippen LogP contribution in [0, 0.1) is 5.92 Å². The second kappa shape index (κ2) is 6.85. The molecule has 2 aromatic heterocycles. The maximum atomic E-state index is 12.2. The van der Waals surface area contributed by atoms with Crippen LogP contribution in [-0.4, -0.2) is 48.1 Å². The number of amides is 1. The van der Waals surface area contributed by atoms with E-state index in [9.17, 15) is 4.79 Å². The van der Waals surface area contributed by atoms with Crippen LogP contribution in [0.1, 0.15) is 35.6 Å². The molecular weight excluding hydrogens is 296 g/mol. The van der Waals surface area contributed by atoms with Crippen LogP contribution in [0.2, 0.25) is 0 Å². The van der Waals surface area contributed by atoms with Crippen molar-refractivity contribution in [1.82, 2.24) is 15.0 Å². The number of hydrogen-bond donors (Lipinski definition) is 0. The Morgan fingerprint density at radius 2 is 2.17 bits per heavy atom. The quantitative estimate of drug-likeness (QED) is 0.841. The molecule has 1 aliphatic rings. The lowest BCUT2D eigenvalue weighted by Crippen LogP contribution is -2.38. The van der Waals surface area contributed by atoms with Crippen LogP contribution in [0.4, 0.5) is 6.01 Å². The van der Waals surface area contributed by atoms with E-state index < -0.39 is 0 Å². The predicted octanol–water partition coefficient (Wildman–Crippen LogP) is 2.21. The summed E-state index contributed by atoms with van der Waals surface area (Å²) in [5.74, 6) is 1.76. The number of carbonyl (C=O) groups is 1. The zero-order chi connectivity index (χ0) is 16.2. The SMILES string of the molecule is CN(C)c1nc(CCC2CCN(C(=O)c3ccco3)CC2)no1. The molecule has 1 saturated heterocycles. The van der Waals surface area contributed by atoms with Crippen molar-refractivity contribution in [3.8, 4) is 0 Å². The van der Waals surface area contributed by atoms with Crippen molar-refractivity contribution in [3.05, 3.63) is 30.0 Å². The van der Waals surface area contributed by atoms with E-state index in [-0.39, 0.29) is 5.91 Å². The largest absolute Gasteiger partial charge is 0.459 e. The highest BCUT2D eigenvalue weighted by Crippen LogP contribution is 2.23. The number of carbonyl (C=O) groups excluding carboxylic acids is 1. The Labute approximate surface area is 135 Å². The minimum absolute atomic E-state index is 0.0118. The number of hydrogen-bond acceptors (Lipinski definition) is 6. The smallest absolute Gasteiger partial charge is 0.323 e. The molecule has 0 radical (unpaired) electrons. The van der Waals surface area contributed by atoms with Crippen LogP contribution >= 0.6 is 0 Å². The molecule has 1 fully saturated rings. The summed E-state index contributed by atoms with van der Waals surface area (Å²) in [6, 6.07) is 4.00. The highest BCUT2D eigenvalue weighted by atomic mass is 16.5. The van der Waals surface area contributed by atoms with Gasteiger partial charge in [-0.25, -0.2) is 0 Å². The monoisotopic (exact) mass is 318 g/mol. The number of rotatable bonds is 5. The Balaban J connectivity index is 1.45. The van der Waals surface area contributed by atoms with Gasteiger partial charge in [0, 0.05) is 33.6 Å². The van der Waals surface area contributed by atoms with Crippen LogP contribution in [0.5, 0.6) is 0 Å². The summed E-state index contributed by atoms with van der Waals surface area (Å²) < 4.78 is 10.3. The minimum Gasteiger partial charge on any atom is -0.459 e. The Kier molecular flexibility index (Phi) is 4.64. The summed E-state index contributed by atoms with van der Waals surface area (Å²) in [6.07, 6.45) is 5.38. The minimum atomic E-state index is -0.0118. The van der Waals surface area contributed by atoms with Crippen molar-refractivity contribution in [2.75, 3.05) is 32.1 Å². The number of aryl methyl sites for hydroxylation is 1. The normalized spacial score (nSPS) is 15.8. The molecular formula is C16H22N4O3. The topological polar surface area (TPSA) is 75.6 Å². The van der Waals surface area contributed by atoms with Crippen LogP contribution in [0.3, 0.4) is 0 Å². The predicted molar refractivity (Wildman–Crippen MR) is 84.3 cm³/mol. The molecule has 0 unspecified atom stereocenters. The van der Waals surface area contributed by atoms with E-state index in [1.165, 1.54) is 6.26 Å². The maximum Gasteiger partial charge on any atom is 0.323 e. The highest BCUT2D eigenvalue weighted by molar-refractivity contribution is 5.91. The van der Waals surface area contributed by atoms with E-state index in [2.05, 4.69) is 10.1 Å². The molecule has 1 amide bonds. The van der Waals surface area contributed by atoms with Crippen LogP contribution < -0.4 is 4.90 Å². The molecule has 23 heavy (non-hydrogen) atoms. The van der Waals surface area contributed by atoms with Crippen molar-refractivity contribution in [3.63, 3.8) is 0 Å². The molecule has 0 aliphatic carbocycles. The molecule has 0 N–H and O–H groups in total. The number of piperidine rings is 1. The average molecular weight is 318 g/mol. The van der Waals surface area contributed by atoms with Gasteiger partial charge in [-0.05, 0) is 37.3 Å². The fraction of sp³-hybridized carbons (Fsp3) is 0.562.